The fourth-order valence-electron chi connectivity index (χ4n) is 1.38. The van der Waals surface area contributed by atoms with Crippen molar-refractivity contribution in [3.05, 3.63) is 52.1 Å². The number of hydrogen-bond acceptors (Lipinski definition) is 7. The van der Waals surface area contributed by atoms with Gasteiger partial charge in [-0.15, -0.1) is 0 Å². The first kappa shape index (κ1) is 13.5. The van der Waals surface area contributed by atoms with E-state index in [0.29, 0.717) is 5.76 Å². The van der Waals surface area contributed by atoms with E-state index in [1.54, 1.807) is 6.07 Å². The minimum atomic E-state index is -0.579. The summed E-state index contributed by atoms with van der Waals surface area (Å²) in [6.45, 7) is 0.0435. The van der Waals surface area contributed by atoms with E-state index < -0.39 is 10.9 Å². The van der Waals surface area contributed by atoms with E-state index in [1.807, 2.05) is 0 Å². The smallest absolute Gasteiger partial charge is 0.373 e. The molecule has 8 heteroatoms. The quantitative estimate of drug-likeness (QED) is 0.467. The van der Waals surface area contributed by atoms with E-state index >= 15 is 0 Å². The number of carbonyl (C=O) groups is 1. The molecule has 0 fully saturated rings. The average molecular weight is 278 g/mol. The second kappa shape index (κ2) is 5.83. The Kier molecular flexibility index (Phi) is 3.94. The molecule has 8 nitrogen and oxygen atoms in total. The number of ether oxygens (including phenoxy) is 2. The summed E-state index contributed by atoms with van der Waals surface area (Å²) in [5, 5.41) is 10.5. The van der Waals surface area contributed by atoms with Gasteiger partial charge >= 0.3 is 5.97 Å². The van der Waals surface area contributed by atoms with E-state index in [4.69, 9.17) is 9.15 Å². The molecule has 2 rings (SSSR count). The molecule has 0 spiro atoms. The molecule has 0 saturated heterocycles. The van der Waals surface area contributed by atoms with E-state index in [0.717, 1.165) is 6.20 Å². The number of rotatable bonds is 5. The zero-order valence-corrected chi connectivity index (χ0v) is 10.4. The van der Waals surface area contributed by atoms with Crippen LogP contribution in [0.5, 0.6) is 5.88 Å². The molecule has 2 aromatic heterocycles. The molecule has 0 aliphatic heterocycles. The van der Waals surface area contributed by atoms with Crippen LogP contribution >= 0.6 is 0 Å². The summed E-state index contributed by atoms with van der Waals surface area (Å²) in [4.78, 5) is 24.8. The fraction of sp³-hybridized carbons (Fsp3) is 0.167. The van der Waals surface area contributed by atoms with Gasteiger partial charge in [0.15, 0.2) is 0 Å². The number of nitrogens with zero attached hydrogens (tertiary/aromatic N) is 2. The zero-order chi connectivity index (χ0) is 14.5. The van der Waals surface area contributed by atoms with E-state index in [1.165, 1.54) is 25.3 Å². The largest absolute Gasteiger partial charge is 0.469 e. The SMILES string of the molecule is COC(=O)c1ccc(COc2ccc([N+](=O)[O-])cn2)o1. The molecular formula is C12H10N2O6. The minimum absolute atomic E-state index is 0.0435. The predicted octanol–water partition coefficient (Wildman–Crippen LogP) is 1.95. The molecule has 2 heterocycles. The van der Waals surface area contributed by atoms with E-state index in [-0.39, 0.29) is 23.9 Å². The van der Waals surface area contributed by atoms with Gasteiger partial charge in [-0.3, -0.25) is 10.1 Å². The lowest BCUT2D eigenvalue weighted by Gasteiger charge is -2.02. The third kappa shape index (κ3) is 3.10. The van der Waals surface area contributed by atoms with Gasteiger partial charge in [-0.2, -0.15) is 0 Å². The Balaban J connectivity index is 1.96. The molecule has 0 aliphatic carbocycles. The van der Waals surface area contributed by atoms with Gasteiger partial charge in [0.1, 0.15) is 18.6 Å². The van der Waals surface area contributed by atoms with Gasteiger partial charge in [-0.05, 0) is 12.1 Å². The molecule has 0 aliphatic rings. The van der Waals surface area contributed by atoms with Gasteiger partial charge in [0, 0.05) is 12.1 Å². The summed E-state index contributed by atoms with van der Waals surface area (Å²) in [6.07, 6.45) is 1.09. The van der Waals surface area contributed by atoms with Crippen molar-refractivity contribution < 1.29 is 23.6 Å². The molecule has 0 saturated carbocycles. The minimum Gasteiger partial charge on any atom is -0.469 e. The summed E-state index contributed by atoms with van der Waals surface area (Å²) < 4.78 is 15.0. The van der Waals surface area contributed by atoms with Crippen LogP contribution in [-0.2, 0) is 11.3 Å². The number of pyridine rings is 1. The monoisotopic (exact) mass is 278 g/mol. The summed E-state index contributed by atoms with van der Waals surface area (Å²) >= 11 is 0. The van der Waals surface area contributed by atoms with Gasteiger partial charge < -0.3 is 13.9 Å². The van der Waals surface area contributed by atoms with Crippen molar-refractivity contribution in [2.75, 3.05) is 7.11 Å². The number of furan rings is 1. The number of carbonyl (C=O) groups excluding carboxylic acids is 1. The first-order valence-electron chi connectivity index (χ1n) is 5.50. The normalized spacial score (nSPS) is 10.1. The summed E-state index contributed by atoms with van der Waals surface area (Å²) in [5.74, 6) is 0.115. The molecule has 2 aromatic rings. The number of nitro groups is 1. The lowest BCUT2D eigenvalue weighted by molar-refractivity contribution is -0.385. The first-order valence-corrected chi connectivity index (χ1v) is 5.50. The van der Waals surface area contributed by atoms with Crippen LogP contribution in [0.25, 0.3) is 0 Å². The van der Waals surface area contributed by atoms with Crippen LogP contribution < -0.4 is 4.74 Å². The Morgan fingerprint density at radius 2 is 2.20 bits per heavy atom. The highest BCUT2D eigenvalue weighted by Crippen LogP contribution is 2.16. The van der Waals surface area contributed by atoms with Crippen molar-refractivity contribution in [3.8, 4) is 5.88 Å². The van der Waals surface area contributed by atoms with Crippen LogP contribution in [0.1, 0.15) is 16.3 Å². The van der Waals surface area contributed by atoms with Crippen LogP contribution in [-0.4, -0.2) is 23.0 Å². The fourth-order valence-corrected chi connectivity index (χ4v) is 1.38. The van der Waals surface area contributed by atoms with Crippen molar-refractivity contribution in [2.24, 2.45) is 0 Å². The highest BCUT2D eigenvalue weighted by molar-refractivity contribution is 5.86. The van der Waals surface area contributed by atoms with Crippen LogP contribution in [0.2, 0.25) is 0 Å². The second-order valence-corrected chi connectivity index (χ2v) is 3.66. The maximum atomic E-state index is 11.2. The van der Waals surface area contributed by atoms with Crippen molar-refractivity contribution in [3.63, 3.8) is 0 Å². The summed E-state index contributed by atoms with van der Waals surface area (Å²) in [7, 11) is 1.25. The predicted molar refractivity (Wildman–Crippen MR) is 65.3 cm³/mol. The Hall–Kier alpha value is -2.90. The van der Waals surface area contributed by atoms with Crippen molar-refractivity contribution in [2.45, 2.75) is 6.61 Å². The molecule has 0 atom stereocenters. The van der Waals surface area contributed by atoms with Crippen LogP contribution in [0.4, 0.5) is 5.69 Å². The third-order valence-electron chi connectivity index (χ3n) is 2.34. The van der Waals surface area contributed by atoms with Crippen molar-refractivity contribution >= 4 is 11.7 Å². The number of methoxy groups -OCH3 is 1. The molecule has 0 bridgehead atoms. The Labute approximate surface area is 113 Å². The molecular weight excluding hydrogens is 268 g/mol. The molecule has 104 valence electrons. The van der Waals surface area contributed by atoms with E-state index in [9.17, 15) is 14.9 Å². The lowest BCUT2D eigenvalue weighted by atomic mass is 10.4. The lowest BCUT2D eigenvalue weighted by Crippen LogP contribution is -1.99. The number of aromatic nitrogens is 1. The zero-order valence-electron chi connectivity index (χ0n) is 10.4. The highest BCUT2D eigenvalue weighted by Gasteiger charge is 2.12. The molecule has 20 heavy (non-hydrogen) atoms. The van der Waals surface area contributed by atoms with E-state index in [2.05, 4.69) is 9.72 Å². The topological polar surface area (TPSA) is 105 Å². The van der Waals surface area contributed by atoms with Gasteiger partial charge in [0.25, 0.3) is 5.69 Å². The third-order valence-corrected chi connectivity index (χ3v) is 2.34. The van der Waals surface area contributed by atoms with Crippen LogP contribution in [0, 0.1) is 10.1 Å². The van der Waals surface area contributed by atoms with Gasteiger partial charge in [-0.25, -0.2) is 9.78 Å². The Bertz CT molecular complexity index is 619. The number of esters is 1. The molecule has 0 radical (unpaired) electrons. The molecule has 0 amide bonds. The standard InChI is InChI=1S/C12H10N2O6/c1-18-12(15)10-4-3-9(20-10)7-19-11-5-2-8(6-13-11)14(16)17/h2-6H,7H2,1H3. The molecule has 0 aromatic carbocycles. The average Bonchev–Trinajstić information content (AvgIpc) is 2.93. The first-order chi connectivity index (χ1) is 9.60. The second-order valence-electron chi connectivity index (χ2n) is 3.66. The van der Waals surface area contributed by atoms with Crippen LogP contribution in [0.15, 0.2) is 34.9 Å². The van der Waals surface area contributed by atoms with Crippen molar-refractivity contribution in [1.82, 2.24) is 4.98 Å². The van der Waals surface area contributed by atoms with Crippen LogP contribution in [0.3, 0.4) is 0 Å². The molecule has 0 N–H and O–H groups in total. The van der Waals surface area contributed by atoms with Gasteiger partial charge in [-0.1, -0.05) is 0 Å². The van der Waals surface area contributed by atoms with Crippen molar-refractivity contribution in [1.29, 1.82) is 0 Å². The van der Waals surface area contributed by atoms with Gasteiger partial charge in [0.2, 0.25) is 11.6 Å². The Morgan fingerprint density at radius 3 is 2.80 bits per heavy atom. The Morgan fingerprint density at radius 1 is 1.40 bits per heavy atom. The number of hydrogen-bond donors (Lipinski definition) is 0. The molecule has 0 unspecified atom stereocenters. The summed E-state index contributed by atoms with van der Waals surface area (Å²) in [6, 6.07) is 5.69. The highest BCUT2D eigenvalue weighted by atomic mass is 16.6. The maximum Gasteiger partial charge on any atom is 0.373 e. The maximum absolute atomic E-state index is 11.2. The summed E-state index contributed by atoms with van der Waals surface area (Å²) in [5.41, 5.74) is -0.122. The van der Waals surface area contributed by atoms with Gasteiger partial charge in [0.05, 0.1) is 12.0 Å².